The molecular weight excluding hydrogens is 359 g/mol. The number of anilines is 1. The van der Waals surface area contributed by atoms with E-state index in [-0.39, 0.29) is 24.1 Å². The lowest BCUT2D eigenvalue weighted by Gasteiger charge is -2.35. The maximum absolute atomic E-state index is 13.1. The first-order chi connectivity index (χ1) is 13.6. The number of nitrogens with zero attached hydrogens (tertiary/aromatic N) is 2. The van der Waals surface area contributed by atoms with Crippen molar-refractivity contribution in [3.8, 4) is 5.75 Å². The highest BCUT2D eigenvalue weighted by Crippen LogP contribution is 2.32. The number of halogens is 1. The maximum atomic E-state index is 13.1. The van der Waals surface area contributed by atoms with Crippen LogP contribution in [0.4, 0.5) is 10.1 Å². The monoisotopic (exact) mass is 382 g/mol. The number of carbonyl (C=O) groups is 2. The van der Waals surface area contributed by atoms with Crippen molar-refractivity contribution in [3.63, 3.8) is 0 Å². The van der Waals surface area contributed by atoms with Crippen LogP contribution >= 0.6 is 0 Å². The van der Waals surface area contributed by atoms with E-state index in [1.54, 1.807) is 31.4 Å². The van der Waals surface area contributed by atoms with Crippen LogP contribution in [0.1, 0.15) is 30.7 Å². The normalized spacial score (nSPS) is 21.4. The standard InChI is InChI=1S/C22H23FN2O3/c1-28-19-8-6-18(7-9-19)25-21(26)14-20(22(25)27)24-12-10-16(11-13-24)15-2-4-17(23)5-3-15/h2-9,16,20H,10-14H2,1H3/t20-/m0/s1. The number of imide groups is 1. The molecule has 2 aromatic carbocycles. The summed E-state index contributed by atoms with van der Waals surface area (Å²) >= 11 is 0. The Labute approximate surface area is 163 Å². The van der Waals surface area contributed by atoms with Crippen LogP contribution in [0.3, 0.4) is 0 Å². The van der Waals surface area contributed by atoms with Crippen LogP contribution in [0, 0.1) is 5.82 Å². The highest BCUT2D eigenvalue weighted by atomic mass is 19.1. The van der Waals surface area contributed by atoms with Gasteiger partial charge in [0, 0.05) is 0 Å². The lowest BCUT2D eigenvalue weighted by Crippen LogP contribution is -2.45. The Kier molecular flexibility index (Phi) is 5.13. The molecule has 1 atom stereocenters. The Bertz CT molecular complexity index is 858. The molecule has 4 rings (SSSR count). The van der Waals surface area contributed by atoms with Crippen LogP contribution < -0.4 is 9.64 Å². The third-order valence-electron chi connectivity index (χ3n) is 5.77. The lowest BCUT2D eigenvalue weighted by molar-refractivity contribution is -0.123. The molecule has 2 saturated heterocycles. The maximum Gasteiger partial charge on any atom is 0.251 e. The predicted molar refractivity (Wildman–Crippen MR) is 104 cm³/mol. The molecule has 0 radical (unpaired) electrons. The van der Waals surface area contributed by atoms with Gasteiger partial charge in [-0.05, 0) is 73.8 Å². The number of ether oxygens (including phenoxy) is 1. The fourth-order valence-electron chi connectivity index (χ4n) is 4.18. The molecule has 2 aliphatic rings. The Morgan fingerprint density at radius 3 is 2.21 bits per heavy atom. The molecule has 6 heteroatoms. The van der Waals surface area contributed by atoms with E-state index in [9.17, 15) is 14.0 Å². The van der Waals surface area contributed by atoms with Gasteiger partial charge in [0.1, 0.15) is 11.6 Å². The van der Waals surface area contributed by atoms with Crippen molar-refractivity contribution in [3.05, 3.63) is 59.9 Å². The second kappa shape index (κ2) is 7.72. The van der Waals surface area contributed by atoms with Crippen molar-refractivity contribution in [2.24, 2.45) is 0 Å². The van der Waals surface area contributed by atoms with Gasteiger partial charge in [-0.2, -0.15) is 0 Å². The number of carbonyl (C=O) groups excluding carboxylic acids is 2. The smallest absolute Gasteiger partial charge is 0.251 e. The van der Waals surface area contributed by atoms with E-state index in [4.69, 9.17) is 4.74 Å². The predicted octanol–water partition coefficient (Wildman–Crippen LogP) is 3.35. The van der Waals surface area contributed by atoms with Crippen LogP contribution in [0.25, 0.3) is 0 Å². The first kappa shape index (κ1) is 18.6. The molecule has 2 aromatic rings. The number of rotatable bonds is 4. The largest absolute Gasteiger partial charge is 0.497 e. The van der Waals surface area contributed by atoms with E-state index < -0.39 is 6.04 Å². The van der Waals surface area contributed by atoms with Crippen LogP contribution in [0.5, 0.6) is 5.75 Å². The number of piperidine rings is 1. The van der Waals surface area contributed by atoms with Gasteiger partial charge in [0.15, 0.2) is 0 Å². The molecule has 28 heavy (non-hydrogen) atoms. The van der Waals surface area contributed by atoms with E-state index in [0.717, 1.165) is 31.5 Å². The van der Waals surface area contributed by atoms with Gasteiger partial charge in [-0.1, -0.05) is 12.1 Å². The zero-order chi connectivity index (χ0) is 19.7. The molecule has 0 aliphatic carbocycles. The highest BCUT2D eigenvalue weighted by Gasteiger charge is 2.43. The van der Waals surface area contributed by atoms with Gasteiger partial charge in [0.2, 0.25) is 5.91 Å². The lowest BCUT2D eigenvalue weighted by atomic mass is 9.89. The summed E-state index contributed by atoms with van der Waals surface area (Å²) in [5, 5.41) is 0. The summed E-state index contributed by atoms with van der Waals surface area (Å²) in [4.78, 5) is 28.9. The first-order valence-corrected chi connectivity index (χ1v) is 9.57. The second-order valence-corrected chi connectivity index (χ2v) is 7.35. The number of methoxy groups -OCH3 is 1. The number of likely N-dealkylation sites (tertiary alicyclic amines) is 1. The van der Waals surface area contributed by atoms with Gasteiger partial charge in [-0.25, -0.2) is 9.29 Å². The van der Waals surface area contributed by atoms with Crippen molar-refractivity contribution in [1.82, 2.24) is 4.90 Å². The molecule has 0 aromatic heterocycles. The van der Waals surface area contributed by atoms with E-state index >= 15 is 0 Å². The van der Waals surface area contributed by atoms with Gasteiger partial charge in [-0.15, -0.1) is 0 Å². The fourth-order valence-corrected chi connectivity index (χ4v) is 4.18. The molecule has 146 valence electrons. The summed E-state index contributed by atoms with van der Waals surface area (Å²) in [6, 6.07) is 13.2. The molecule has 0 bridgehead atoms. The first-order valence-electron chi connectivity index (χ1n) is 9.57. The zero-order valence-electron chi connectivity index (χ0n) is 15.8. The summed E-state index contributed by atoms with van der Waals surface area (Å²) in [7, 11) is 1.58. The SMILES string of the molecule is COc1ccc(N2C(=O)C[C@H](N3CCC(c4ccc(F)cc4)CC3)C2=O)cc1. The van der Waals surface area contributed by atoms with Crippen LogP contribution in [-0.4, -0.2) is 43.0 Å². The summed E-state index contributed by atoms with van der Waals surface area (Å²) < 4.78 is 18.3. The van der Waals surface area contributed by atoms with Gasteiger partial charge in [0.25, 0.3) is 5.91 Å². The number of hydrogen-bond acceptors (Lipinski definition) is 4. The molecule has 0 N–H and O–H groups in total. The molecule has 2 heterocycles. The average molecular weight is 382 g/mol. The molecule has 0 unspecified atom stereocenters. The number of amides is 2. The Balaban J connectivity index is 1.42. The van der Waals surface area contributed by atoms with Gasteiger partial charge in [-0.3, -0.25) is 14.5 Å². The van der Waals surface area contributed by atoms with Gasteiger partial charge in [0.05, 0.1) is 25.3 Å². The van der Waals surface area contributed by atoms with Crippen molar-refractivity contribution in [1.29, 1.82) is 0 Å². The minimum atomic E-state index is -0.399. The minimum Gasteiger partial charge on any atom is -0.497 e. The van der Waals surface area contributed by atoms with Crippen molar-refractivity contribution in [2.75, 3.05) is 25.1 Å². The highest BCUT2D eigenvalue weighted by molar-refractivity contribution is 6.22. The summed E-state index contributed by atoms with van der Waals surface area (Å²) in [6.07, 6.45) is 2.00. The van der Waals surface area contributed by atoms with E-state index in [2.05, 4.69) is 4.90 Å². The second-order valence-electron chi connectivity index (χ2n) is 7.35. The van der Waals surface area contributed by atoms with Crippen molar-refractivity contribution in [2.45, 2.75) is 31.2 Å². The van der Waals surface area contributed by atoms with Crippen molar-refractivity contribution < 1.29 is 18.7 Å². The third-order valence-corrected chi connectivity index (χ3v) is 5.77. The number of benzene rings is 2. The fraction of sp³-hybridized carbons (Fsp3) is 0.364. The quantitative estimate of drug-likeness (QED) is 0.761. The van der Waals surface area contributed by atoms with Crippen LogP contribution in [0.15, 0.2) is 48.5 Å². The Morgan fingerprint density at radius 1 is 0.964 bits per heavy atom. The molecule has 0 saturated carbocycles. The molecule has 5 nitrogen and oxygen atoms in total. The van der Waals surface area contributed by atoms with Crippen LogP contribution in [-0.2, 0) is 9.59 Å². The summed E-state index contributed by atoms with van der Waals surface area (Å²) in [5.41, 5.74) is 1.72. The van der Waals surface area contributed by atoms with Crippen LogP contribution in [0.2, 0.25) is 0 Å². The molecule has 2 fully saturated rings. The van der Waals surface area contributed by atoms with Crippen molar-refractivity contribution >= 4 is 17.5 Å². The van der Waals surface area contributed by atoms with E-state index in [0.29, 0.717) is 17.4 Å². The third kappa shape index (κ3) is 3.52. The molecule has 2 aliphatic heterocycles. The van der Waals surface area contributed by atoms with E-state index in [1.165, 1.54) is 17.0 Å². The summed E-state index contributed by atoms with van der Waals surface area (Å²) in [6.45, 7) is 1.50. The average Bonchev–Trinajstić information content (AvgIpc) is 3.03. The Hall–Kier alpha value is -2.73. The van der Waals surface area contributed by atoms with Gasteiger partial charge >= 0.3 is 0 Å². The topological polar surface area (TPSA) is 49.9 Å². The van der Waals surface area contributed by atoms with E-state index in [1.807, 2.05) is 12.1 Å². The summed E-state index contributed by atoms with van der Waals surface area (Å²) in [5.74, 6) is 0.495. The van der Waals surface area contributed by atoms with Gasteiger partial charge < -0.3 is 4.74 Å². The Morgan fingerprint density at radius 2 is 1.61 bits per heavy atom. The minimum absolute atomic E-state index is 0.157. The molecule has 2 amide bonds. The zero-order valence-corrected chi connectivity index (χ0v) is 15.8. The number of hydrogen-bond donors (Lipinski definition) is 0. The molecular formula is C22H23FN2O3. The molecule has 0 spiro atoms.